The fraction of sp³-hybridized carbons (Fsp3) is 0.0833. The molecule has 1 aromatic carbocycles. The Hall–Kier alpha value is -1.82. The van der Waals surface area contributed by atoms with E-state index in [9.17, 15) is 9.18 Å². The Morgan fingerprint density at radius 2 is 2.17 bits per heavy atom. The third-order valence-corrected chi connectivity index (χ3v) is 2.64. The van der Waals surface area contributed by atoms with Gasteiger partial charge in [-0.15, -0.1) is 0 Å². The van der Waals surface area contributed by atoms with Crippen molar-refractivity contribution in [2.75, 3.05) is 12.4 Å². The van der Waals surface area contributed by atoms with Gasteiger partial charge in [-0.25, -0.2) is 4.39 Å². The maximum absolute atomic E-state index is 13.5. The molecule has 0 aliphatic heterocycles. The predicted octanol–water partition coefficient (Wildman–Crippen LogP) is 3.44. The molecule has 0 atom stereocenters. The van der Waals surface area contributed by atoms with Crippen LogP contribution in [0.2, 0.25) is 0 Å². The van der Waals surface area contributed by atoms with Gasteiger partial charge in [0.05, 0.1) is 12.8 Å². The molecule has 0 bridgehead atoms. The second-order valence-corrected chi connectivity index (χ2v) is 4.19. The molecule has 1 heterocycles. The number of benzene rings is 1. The summed E-state index contributed by atoms with van der Waals surface area (Å²) >= 11 is 3.08. The monoisotopic (exact) mass is 313 g/mol. The molecule has 0 saturated carbocycles. The lowest BCUT2D eigenvalue weighted by Gasteiger charge is -2.06. The summed E-state index contributed by atoms with van der Waals surface area (Å²) in [5, 5.41) is 2.41. The van der Waals surface area contributed by atoms with Gasteiger partial charge in [0.2, 0.25) is 0 Å². The van der Waals surface area contributed by atoms with E-state index in [0.717, 1.165) is 0 Å². The van der Waals surface area contributed by atoms with E-state index in [1.165, 1.54) is 31.4 Å². The van der Waals surface area contributed by atoms with Crippen LogP contribution in [0.5, 0.6) is 5.75 Å². The zero-order chi connectivity index (χ0) is 13.1. The van der Waals surface area contributed by atoms with Crippen LogP contribution in [0.15, 0.2) is 39.4 Å². The summed E-state index contributed by atoms with van der Waals surface area (Å²) in [7, 11) is 1.46. The van der Waals surface area contributed by atoms with Crippen molar-refractivity contribution in [2.45, 2.75) is 0 Å². The highest BCUT2D eigenvalue weighted by atomic mass is 79.9. The molecule has 0 aliphatic carbocycles. The van der Waals surface area contributed by atoms with Crippen LogP contribution >= 0.6 is 15.9 Å². The van der Waals surface area contributed by atoms with Crippen molar-refractivity contribution >= 4 is 27.5 Å². The van der Waals surface area contributed by atoms with Gasteiger partial charge in [-0.3, -0.25) is 4.79 Å². The quantitative estimate of drug-likeness (QED) is 0.944. The normalized spacial score (nSPS) is 10.2. The van der Waals surface area contributed by atoms with Gasteiger partial charge in [0, 0.05) is 6.07 Å². The number of ether oxygens (including phenoxy) is 1. The molecule has 0 aliphatic rings. The SMILES string of the molecule is COc1ccc(F)c(NC(=O)c2ccc(Br)o2)c1. The summed E-state index contributed by atoms with van der Waals surface area (Å²) in [4.78, 5) is 11.7. The van der Waals surface area contributed by atoms with Gasteiger partial charge in [0.25, 0.3) is 5.91 Å². The number of carbonyl (C=O) groups is 1. The molecule has 0 spiro atoms. The number of hydrogen-bond acceptors (Lipinski definition) is 3. The number of rotatable bonds is 3. The number of furan rings is 1. The molecular weight excluding hydrogens is 305 g/mol. The van der Waals surface area contributed by atoms with E-state index in [1.807, 2.05) is 0 Å². The minimum atomic E-state index is -0.547. The first-order valence-electron chi connectivity index (χ1n) is 5.00. The second-order valence-electron chi connectivity index (χ2n) is 3.40. The lowest BCUT2D eigenvalue weighted by atomic mass is 10.2. The third-order valence-electron chi connectivity index (χ3n) is 2.22. The van der Waals surface area contributed by atoms with E-state index in [4.69, 9.17) is 9.15 Å². The van der Waals surface area contributed by atoms with Crippen molar-refractivity contribution in [2.24, 2.45) is 0 Å². The molecule has 6 heteroatoms. The first-order chi connectivity index (χ1) is 8.60. The largest absolute Gasteiger partial charge is 0.497 e. The minimum absolute atomic E-state index is 0.0341. The van der Waals surface area contributed by atoms with E-state index in [1.54, 1.807) is 6.07 Å². The van der Waals surface area contributed by atoms with Crippen LogP contribution in [-0.4, -0.2) is 13.0 Å². The van der Waals surface area contributed by atoms with Crippen LogP contribution in [0.1, 0.15) is 10.6 Å². The highest BCUT2D eigenvalue weighted by molar-refractivity contribution is 9.10. The van der Waals surface area contributed by atoms with Gasteiger partial charge < -0.3 is 14.5 Å². The van der Waals surface area contributed by atoms with Crippen LogP contribution in [-0.2, 0) is 0 Å². The lowest BCUT2D eigenvalue weighted by Crippen LogP contribution is -2.12. The van der Waals surface area contributed by atoms with Crippen molar-refractivity contribution in [3.8, 4) is 5.75 Å². The van der Waals surface area contributed by atoms with Gasteiger partial charge in [-0.05, 0) is 40.2 Å². The summed E-state index contributed by atoms with van der Waals surface area (Å²) in [6.07, 6.45) is 0. The highest BCUT2D eigenvalue weighted by Crippen LogP contribution is 2.22. The van der Waals surface area contributed by atoms with E-state index >= 15 is 0 Å². The zero-order valence-corrected chi connectivity index (χ0v) is 11.0. The van der Waals surface area contributed by atoms with Gasteiger partial charge >= 0.3 is 0 Å². The average molecular weight is 314 g/mol. The summed E-state index contributed by atoms with van der Waals surface area (Å²) < 4.78 is 23.9. The molecule has 2 rings (SSSR count). The molecule has 0 saturated heterocycles. The fourth-order valence-electron chi connectivity index (χ4n) is 1.35. The number of anilines is 1. The Labute approximate surface area is 111 Å². The van der Waals surface area contributed by atoms with Crippen LogP contribution in [0.25, 0.3) is 0 Å². The van der Waals surface area contributed by atoms with E-state index < -0.39 is 11.7 Å². The number of methoxy groups -OCH3 is 1. The Balaban J connectivity index is 2.21. The third kappa shape index (κ3) is 2.70. The molecule has 18 heavy (non-hydrogen) atoms. The molecule has 4 nitrogen and oxygen atoms in total. The van der Waals surface area contributed by atoms with Crippen molar-refractivity contribution in [1.29, 1.82) is 0 Å². The van der Waals surface area contributed by atoms with Gasteiger partial charge in [-0.1, -0.05) is 0 Å². The van der Waals surface area contributed by atoms with Crippen molar-refractivity contribution in [3.05, 3.63) is 46.6 Å². The van der Waals surface area contributed by atoms with E-state index in [2.05, 4.69) is 21.2 Å². The van der Waals surface area contributed by atoms with Crippen LogP contribution < -0.4 is 10.1 Å². The molecule has 94 valence electrons. The molecule has 1 amide bonds. The van der Waals surface area contributed by atoms with Crippen LogP contribution in [0.3, 0.4) is 0 Å². The second kappa shape index (κ2) is 5.22. The Morgan fingerprint density at radius 1 is 1.39 bits per heavy atom. The summed E-state index contributed by atoms with van der Waals surface area (Å²) in [5.41, 5.74) is 0.0341. The predicted molar refractivity (Wildman–Crippen MR) is 67.3 cm³/mol. The van der Waals surface area contributed by atoms with Crippen molar-refractivity contribution < 1.29 is 18.3 Å². The number of nitrogens with one attached hydrogen (secondary N) is 1. The molecule has 0 unspecified atom stereocenters. The molecule has 1 N–H and O–H groups in total. The number of halogens is 2. The topological polar surface area (TPSA) is 51.5 Å². The Morgan fingerprint density at radius 3 is 2.78 bits per heavy atom. The van der Waals surface area contributed by atoms with E-state index in [-0.39, 0.29) is 11.4 Å². The maximum atomic E-state index is 13.5. The Kier molecular flexibility index (Phi) is 3.66. The highest BCUT2D eigenvalue weighted by Gasteiger charge is 2.13. The minimum Gasteiger partial charge on any atom is -0.497 e. The number of hydrogen-bond donors (Lipinski definition) is 1. The first kappa shape index (κ1) is 12.6. The molecule has 0 radical (unpaired) electrons. The summed E-state index contributed by atoms with van der Waals surface area (Å²) in [5.74, 6) is -0.543. The standard InChI is InChI=1S/C12H9BrFNO3/c1-17-7-2-3-8(14)9(6-7)15-12(16)10-4-5-11(13)18-10/h2-6H,1H3,(H,15,16). The van der Waals surface area contributed by atoms with Crippen molar-refractivity contribution in [3.63, 3.8) is 0 Å². The van der Waals surface area contributed by atoms with Crippen LogP contribution in [0.4, 0.5) is 10.1 Å². The van der Waals surface area contributed by atoms with Gasteiger partial charge in [0.1, 0.15) is 11.6 Å². The van der Waals surface area contributed by atoms with Crippen LogP contribution in [0, 0.1) is 5.82 Å². The summed E-state index contributed by atoms with van der Waals surface area (Å²) in [6, 6.07) is 7.14. The fourth-order valence-corrected chi connectivity index (χ4v) is 1.65. The number of carbonyl (C=O) groups excluding carboxylic acids is 1. The molecular formula is C12H9BrFNO3. The van der Waals surface area contributed by atoms with Gasteiger partial charge in [0.15, 0.2) is 10.4 Å². The first-order valence-corrected chi connectivity index (χ1v) is 5.79. The molecule has 0 fully saturated rings. The van der Waals surface area contributed by atoms with E-state index in [0.29, 0.717) is 10.4 Å². The Bertz CT molecular complexity index is 582. The number of amides is 1. The smallest absolute Gasteiger partial charge is 0.291 e. The maximum Gasteiger partial charge on any atom is 0.291 e. The van der Waals surface area contributed by atoms with Gasteiger partial charge in [-0.2, -0.15) is 0 Å². The van der Waals surface area contributed by atoms with Crippen molar-refractivity contribution in [1.82, 2.24) is 0 Å². The lowest BCUT2D eigenvalue weighted by molar-refractivity contribution is 0.0995. The summed E-state index contributed by atoms with van der Waals surface area (Å²) in [6.45, 7) is 0. The molecule has 2 aromatic rings. The zero-order valence-electron chi connectivity index (χ0n) is 9.37. The molecule has 1 aromatic heterocycles. The average Bonchev–Trinajstić information content (AvgIpc) is 2.79.